The number of hydrogen-bond donors (Lipinski definition) is 1. The van der Waals surface area contributed by atoms with Crippen LogP contribution in [0.3, 0.4) is 0 Å². The van der Waals surface area contributed by atoms with E-state index in [0.717, 1.165) is 37.2 Å². The molecular weight excluding hydrogens is 212 g/mol. The van der Waals surface area contributed by atoms with Crippen molar-refractivity contribution in [3.63, 3.8) is 0 Å². The molecule has 1 N–H and O–H groups in total. The Morgan fingerprint density at radius 1 is 1.35 bits per heavy atom. The van der Waals surface area contributed by atoms with Crippen molar-refractivity contribution < 1.29 is 4.79 Å². The second-order valence-corrected chi connectivity index (χ2v) is 5.18. The molecule has 1 unspecified atom stereocenters. The highest BCUT2D eigenvalue weighted by Crippen LogP contribution is 2.27. The van der Waals surface area contributed by atoms with Crippen LogP contribution in [-0.2, 0) is 6.42 Å². The number of carbonyl (C=O) groups excluding carboxylic acids is 1. The van der Waals surface area contributed by atoms with E-state index in [2.05, 4.69) is 24.4 Å². The van der Waals surface area contributed by atoms with Gasteiger partial charge in [0.15, 0.2) is 0 Å². The van der Waals surface area contributed by atoms with E-state index in [9.17, 15) is 4.79 Å². The van der Waals surface area contributed by atoms with E-state index < -0.39 is 0 Å². The average molecular weight is 230 g/mol. The second kappa shape index (κ2) is 3.84. The summed E-state index contributed by atoms with van der Waals surface area (Å²) in [6, 6.07) is 4.63. The second-order valence-electron chi connectivity index (χ2n) is 5.18. The summed E-state index contributed by atoms with van der Waals surface area (Å²) in [6.07, 6.45) is 0.997. The van der Waals surface area contributed by atoms with Crippen molar-refractivity contribution >= 4 is 5.91 Å². The Labute approximate surface area is 102 Å². The van der Waals surface area contributed by atoms with Gasteiger partial charge in [-0.3, -0.25) is 4.79 Å². The van der Waals surface area contributed by atoms with E-state index >= 15 is 0 Å². The first-order valence-corrected chi connectivity index (χ1v) is 6.28. The third-order valence-corrected chi connectivity index (χ3v) is 3.84. The van der Waals surface area contributed by atoms with Crippen LogP contribution in [0, 0.1) is 13.8 Å². The van der Waals surface area contributed by atoms with Crippen molar-refractivity contribution in [3.05, 3.63) is 34.4 Å². The molecule has 0 aromatic heterocycles. The standard InChI is InChI=1S/C14H18N2O/c1-9-5-10(2)13-11(6-9)7-12-8-15-3-4-16(12)14(13)17/h5-6,12,15H,3-4,7-8H2,1-2H3. The molecule has 1 amide bonds. The van der Waals surface area contributed by atoms with E-state index in [-0.39, 0.29) is 5.91 Å². The van der Waals surface area contributed by atoms with E-state index in [4.69, 9.17) is 0 Å². The van der Waals surface area contributed by atoms with Crippen LogP contribution in [0.2, 0.25) is 0 Å². The lowest BCUT2D eigenvalue weighted by molar-refractivity contribution is 0.0605. The Hall–Kier alpha value is -1.35. The van der Waals surface area contributed by atoms with Crippen molar-refractivity contribution in [3.8, 4) is 0 Å². The van der Waals surface area contributed by atoms with E-state index in [1.807, 2.05) is 11.8 Å². The van der Waals surface area contributed by atoms with E-state index in [1.54, 1.807) is 0 Å². The number of fused-ring (bicyclic) bond motifs is 2. The van der Waals surface area contributed by atoms with Crippen LogP contribution in [0.5, 0.6) is 0 Å². The van der Waals surface area contributed by atoms with Gasteiger partial charge in [-0.15, -0.1) is 0 Å². The molecule has 2 aliphatic rings. The van der Waals surface area contributed by atoms with Crippen LogP contribution in [0.1, 0.15) is 27.0 Å². The summed E-state index contributed by atoms with van der Waals surface area (Å²) in [4.78, 5) is 14.5. The van der Waals surface area contributed by atoms with Gasteiger partial charge in [-0.1, -0.05) is 17.7 Å². The summed E-state index contributed by atoms with van der Waals surface area (Å²) in [6.45, 7) is 6.84. The van der Waals surface area contributed by atoms with E-state index in [0.29, 0.717) is 6.04 Å². The van der Waals surface area contributed by atoms with Gasteiger partial charge in [-0.25, -0.2) is 0 Å². The quantitative estimate of drug-likeness (QED) is 0.728. The highest BCUT2D eigenvalue weighted by atomic mass is 16.2. The zero-order chi connectivity index (χ0) is 12.0. The van der Waals surface area contributed by atoms with Gasteiger partial charge in [0.25, 0.3) is 5.91 Å². The number of amides is 1. The molecule has 0 bridgehead atoms. The molecule has 0 saturated carbocycles. The molecule has 3 heteroatoms. The SMILES string of the molecule is Cc1cc(C)c2c(c1)CC1CNCCN1C2=O. The normalized spacial score (nSPS) is 23.3. The van der Waals surface area contributed by atoms with Crippen LogP contribution in [0.25, 0.3) is 0 Å². The van der Waals surface area contributed by atoms with Crippen molar-refractivity contribution in [2.45, 2.75) is 26.3 Å². The average Bonchev–Trinajstić information content (AvgIpc) is 2.28. The fourth-order valence-corrected chi connectivity index (χ4v) is 3.13. The minimum absolute atomic E-state index is 0.232. The fourth-order valence-electron chi connectivity index (χ4n) is 3.13. The molecule has 2 heterocycles. The third kappa shape index (κ3) is 1.65. The van der Waals surface area contributed by atoms with Gasteiger partial charge < -0.3 is 10.2 Å². The molecule has 2 aliphatic heterocycles. The Morgan fingerprint density at radius 3 is 3.00 bits per heavy atom. The zero-order valence-corrected chi connectivity index (χ0v) is 10.4. The molecule has 1 aromatic carbocycles. The molecule has 1 atom stereocenters. The van der Waals surface area contributed by atoms with Crippen molar-refractivity contribution in [1.82, 2.24) is 10.2 Å². The highest BCUT2D eigenvalue weighted by Gasteiger charge is 2.34. The maximum absolute atomic E-state index is 12.5. The maximum Gasteiger partial charge on any atom is 0.254 e. The summed E-state index contributed by atoms with van der Waals surface area (Å²) in [7, 11) is 0. The predicted molar refractivity (Wildman–Crippen MR) is 67.3 cm³/mol. The van der Waals surface area contributed by atoms with Crippen LogP contribution < -0.4 is 5.32 Å². The first kappa shape index (κ1) is 10.8. The first-order chi connectivity index (χ1) is 8.16. The van der Waals surface area contributed by atoms with Gasteiger partial charge >= 0.3 is 0 Å². The number of aryl methyl sites for hydroxylation is 2. The topological polar surface area (TPSA) is 32.3 Å². The molecule has 17 heavy (non-hydrogen) atoms. The van der Waals surface area contributed by atoms with Crippen molar-refractivity contribution in [2.24, 2.45) is 0 Å². The Balaban J connectivity index is 2.09. The molecule has 1 saturated heterocycles. The zero-order valence-electron chi connectivity index (χ0n) is 10.4. The maximum atomic E-state index is 12.5. The first-order valence-electron chi connectivity index (χ1n) is 6.28. The van der Waals surface area contributed by atoms with Gasteiger partial charge in [0, 0.05) is 31.2 Å². The van der Waals surface area contributed by atoms with Gasteiger partial charge in [0.1, 0.15) is 0 Å². The van der Waals surface area contributed by atoms with Gasteiger partial charge in [-0.05, 0) is 31.4 Å². The van der Waals surface area contributed by atoms with Crippen LogP contribution in [0.4, 0.5) is 0 Å². The number of piperazine rings is 1. The molecule has 1 fully saturated rings. The van der Waals surface area contributed by atoms with Crippen molar-refractivity contribution in [1.29, 1.82) is 0 Å². The molecule has 0 spiro atoms. The van der Waals surface area contributed by atoms with E-state index in [1.165, 1.54) is 11.1 Å². The molecule has 1 aromatic rings. The monoisotopic (exact) mass is 230 g/mol. The van der Waals surface area contributed by atoms with Crippen LogP contribution in [0.15, 0.2) is 12.1 Å². The third-order valence-electron chi connectivity index (χ3n) is 3.84. The minimum Gasteiger partial charge on any atom is -0.333 e. The number of rotatable bonds is 0. The molecule has 3 nitrogen and oxygen atoms in total. The molecule has 0 radical (unpaired) electrons. The summed E-state index contributed by atoms with van der Waals surface area (Å²) in [5.41, 5.74) is 4.57. The Morgan fingerprint density at radius 2 is 2.18 bits per heavy atom. The lowest BCUT2D eigenvalue weighted by atomic mass is 9.88. The lowest BCUT2D eigenvalue weighted by Gasteiger charge is -2.40. The molecular formula is C14H18N2O. The Kier molecular flexibility index (Phi) is 2.44. The van der Waals surface area contributed by atoms with Gasteiger partial charge in [0.2, 0.25) is 0 Å². The number of carbonyl (C=O) groups is 1. The summed E-state index contributed by atoms with van der Waals surface area (Å²) >= 11 is 0. The fraction of sp³-hybridized carbons (Fsp3) is 0.500. The largest absolute Gasteiger partial charge is 0.333 e. The summed E-state index contributed by atoms with van der Waals surface area (Å²) in [5.74, 6) is 0.232. The van der Waals surface area contributed by atoms with Crippen LogP contribution in [-0.4, -0.2) is 36.5 Å². The Bertz CT molecular complexity index is 481. The smallest absolute Gasteiger partial charge is 0.254 e. The molecule has 90 valence electrons. The summed E-state index contributed by atoms with van der Waals surface area (Å²) < 4.78 is 0. The minimum atomic E-state index is 0.232. The van der Waals surface area contributed by atoms with Crippen LogP contribution >= 0.6 is 0 Å². The van der Waals surface area contributed by atoms with Crippen molar-refractivity contribution in [2.75, 3.05) is 19.6 Å². The predicted octanol–water partition coefficient (Wildman–Crippen LogP) is 1.27. The highest BCUT2D eigenvalue weighted by molar-refractivity contribution is 5.98. The molecule has 0 aliphatic carbocycles. The number of hydrogen-bond acceptors (Lipinski definition) is 2. The number of nitrogens with zero attached hydrogens (tertiary/aromatic N) is 1. The number of nitrogens with one attached hydrogen (secondary N) is 1. The van der Waals surface area contributed by atoms with Gasteiger partial charge in [0.05, 0.1) is 0 Å². The van der Waals surface area contributed by atoms with Gasteiger partial charge in [-0.2, -0.15) is 0 Å². The lowest BCUT2D eigenvalue weighted by Crippen LogP contribution is -2.56. The summed E-state index contributed by atoms with van der Waals surface area (Å²) in [5, 5.41) is 3.37. The molecule has 3 rings (SSSR count). The number of benzene rings is 1.